The van der Waals surface area contributed by atoms with Gasteiger partial charge in [0, 0.05) is 19.3 Å². The number of carbonyl (C=O) groups excluding carboxylic acids is 3. The molecular formula is C59H92O6. The number of hydrogen-bond acceptors (Lipinski definition) is 6. The zero-order valence-corrected chi connectivity index (χ0v) is 41.4. The highest BCUT2D eigenvalue weighted by Crippen LogP contribution is 2.13. The maximum atomic E-state index is 12.8. The van der Waals surface area contributed by atoms with Crippen LogP contribution in [0.1, 0.15) is 201 Å². The summed E-state index contributed by atoms with van der Waals surface area (Å²) < 4.78 is 16.7. The number of rotatable bonds is 44. The van der Waals surface area contributed by atoms with Gasteiger partial charge in [-0.05, 0) is 96.3 Å². The van der Waals surface area contributed by atoms with Crippen molar-refractivity contribution in [1.29, 1.82) is 0 Å². The monoisotopic (exact) mass is 897 g/mol. The average Bonchev–Trinajstić information content (AvgIpc) is 3.30. The van der Waals surface area contributed by atoms with E-state index in [-0.39, 0.29) is 38.0 Å². The number of allylic oxidation sites excluding steroid dienone is 22. The van der Waals surface area contributed by atoms with E-state index in [9.17, 15) is 14.4 Å². The number of ether oxygens (including phenoxy) is 3. The van der Waals surface area contributed by atoms with Crippen molar-refractivity contribution >= 4 is 17.9 Å². The summed E-state index contributed by atoms with van der Waals surface area (Å²) in [7, 11) is 0. The van der Waals surface area contributed by atoms with E-state index >= 15 is 0 Å². The largest absolute Gasteiger partial charge is 0.462 e. The Morgan fingerprint density at radius 2 is 0.631 bits per heavy atom. The average molecular weight is 897 g/mol. The fraction of sp³-hybridized carbons (Fsp3) is 0.576. The SMILES string of the molecule is CC/C=C\C/C=C\C/C=C\C/C=C\C/C=C\C/C=C\CCC(=O)OCC(COC(=O)CCCCCCCCCCCCC)OC(=O)CCC/C=C\C/C=C\C/C=C\C/C=C\C/C=C\CC. The van der Waals surface area contributed by atoms with Crippen molar-refractivity contribution in [3.05, 3.63) is 134 Å². The fourth-order valence-corrected chi connectivity index (χ4v) is 6.38. The molecule has 65 heavy (non-hydrogen) atoms. The second-order valence-electron chi connectivity index (χ2n) is 16.3. The molecule has 0 aliphatic carbocycles. The molecule has 6 heteroatoms. The molecule has 1 atom stereocenters. The Balaban J connectivity index is 4.60. The van der Waals surface area contributed by atoms with Gasteiger partial charge in [-0.2, -0.15) is 0 Å². The van der Waals surface area contributed by atoms with E-state index in [1.54, 1.807) is 0 Å². The van der Waals surface area contributed by atoms with Crippen molar-refractivity contribution in [3.8, 4) is 0 Å². The van der Waals surface area contributed by atoms with Crippen LogP contribution in [0.5, 0.6) is 0 Å². The fourth-order valence-electron chi connectivity index (χ4n) is 6.38. The zero-order valence-electron chi connectivity index (χ0n) is 41.4. The molecule has 0 heterocycles. The third-order valence-electron chi connectivity index (χ3n) is 10.2. The predicted molar refractivity (Wildman–Crippen MR) is 279 cm³/mol. The summed E-state index contributed by atoms with van der Waals surface area (Å²) in [6.07, 6.45) is 73.1. The number of esters is 3. The Labute approximate surface area is 398 Å². The first-order valence-electron chi connectivity index (χ1n) is 25.7. The van der Waals surface area contributed by atoms with E-state index in [1.165, 1.54) is 51.4 Å². The highest BCUT2D eigenvalue weighted by atomic mass is 16.6. The Morgan fingerprint density at radius 1 is 0.323 bits per heavy atom. The maximum absolute atomic E-state index is 12.8. The van der Waals surface area contributed by atoms with E-state index in [0.717, 1.165) is 96.3 Å². The van der Waals surface area contributed by atoms with Crippen LogP contribution in [0.3, 0.4) is 0 Å². The molecule has 0 aromatic rings. The molecule has 0 N–H and O–H groups in total. The summed E-state index contributed by atoms with van der Waals surface area (Å²) in [6.45, 7) is 6.27. The molecule has 0 amide bonds. The summed E-state index contributed by atoms with van der Waals surface area (Å²) in [5.41, 5.74) is 0. The van der Waals surface area contributed by atoms with Gasteiger partial charge in [0.1, 0.15) is 13.2 Å². The van der Waals surface area contributed by atoms with Gasteiger partial charge < -0.3 is 14.2 Å². The molecule has 0 radical (unpaired) electrons. The van der Waals surface area contributed by atoms with Crippen LogP contribution in [0.25, 0.3) is 0 Å². The Bertz CT molecular complexity index is 1450. The van der Waals surface area contributed by atoms with E-state index in [4.69, 9.17) is 14.2 Å². The van der Waals surface area contributed by atoms with Crippen molar-refractivity contribution in [2.75, 3.05) is 13.2 Å². The van der Waals surface area contributed by atoms with E-state index in [1.807, 2.05) is 12.2 Å². The molecule has 364 valence electrons. The van der Waals surface area contributed by atoms with Crippen LogP contribution < -0.4 is 0 Å². The van der Waals surface area contributed by atoms with E-state index in [2.05, 4.69) is 142 Å². The van der Waals surface area contributed by atoms with Crippen molar-refractivity contribution in [1.82, 2.24) is 0 Å². The normalized spacial score (nSPS) is 13.2. The van der Waals surface area contributed by atoms with Crippen molar-refractivity contribution in [3.63, 3.8) is 0 Å². The van der Waals surface area contributed by atoms with Gasteiger partial charge in [0.25, 0.3) is 0 Å². The van der Waals surface area contributed by atoms with Gasteiger partial charge in [0.05, 0.1) is 0 Å². The van der Waals surface area contributed by atoms with Gasteiger partial charge in [-0.3, -0.25) is 14.4 Å². The molecule has 0 saturated heterocycles. The first-order chi connectivity index (χ1) is 32.0. The lowest BCUT2D eigenvalue weighted by molar-refractivity contribution is -0.166. The molecule has 0 aromatic carbocycles. The van der Waals surface area contributed by atoms with Crippen molar-refractivity contribution in [2.45, 2.75) is 207 Å². The second kappa shape index (κ2) is 52.2. The van der Waals surface area contributed by atoms with Gasteiger partial charge in [-0.15, -0.1) is 0 Å². The number of unbranched alkanes of at least 4 members (excludes halogenated alkanes) is 11. The molecule has 0 fully saturated rings. The minimum atomic E-state index is -0.840. The van der Waals surface area contributed by atoms with Crippen LogP contribution in [-0.4, -0.2) is 37.2 Å². The first-order valence-corrected chi connectivity index (χ1v) is 25.7. The van der Waals surface area contributed by atoms with Crippen molar-refractivity contribution in [2.24, 2.45) is 0 Å². The molecule has 0 aromatic heterocycles. The summed E-state index contributed by atoms with van der Waals surface area (Å²) in [4.78, 5) is 37.9. The Hall–Kier alpha value is -4.45. The molecule has 0 spiro atoms. The van der Waals surface area contributed by atoms with Gasteiger partial charge in [0.2, 0.25) is 0 Å². The maximum Gasteiger partial charge on any atom is 0.306 e. The summed E-state index contributed by atoms with van der Waals surface area (Å²) in [5.74, 6) is -1.08. The first kappa shape index (κ1) is 60.5. The van der Waals surface area contributed by atoms with E-state index < -0.39 is 12.1 Å². The number of carbonyl (C=O) groups is 3. The van der Waals surface area contributed by atoms with Crippen LogP contribution >= 0.6 is 0 Å². The Morgan fingerprint density at radius 3 is 1.02 bits per heavy atom. The summed E-state index contributed by atoms with van der Waals surface area (Å²) in [5, 5.41) is 0. The molecule has 0 aliphatic heterocycles. The predicted octanol–water partition coefficient (Wildman–Crippen LogP) is 17.1. The quantitative estimate of drug-likeness (QED) is 0.0262. The smallest absolute Gasteiger partial charge is 0.306 e. The zero-order chi connectivity index (χ0) is 47.2. The number of hydrogen-bond donors (Lipinski definition) is 0. The topological polar surface area (TPSA) is 78.9 Å². The highest BCUT2D eigenvalue weighted by molar-refractivity contribution is 5.71. The van der Waals surface area contributed by atoms with Gasteiger partial charge in [-0.1, -0.05) is 219 Å². The minimum absolute atomic E-state index is 0.127. The molecule has 6 nitrogen and oxygen atoms in total. The van der Waals surface area contributed by atoms with Crippen LogP contribution in [-0.2, 0) is 28.6 Å². The highest BCUT2D eigenvalue weighted by Gasteiger charge is 2.19. The Kier molecular flexibility index (Phi) is 48.6. The van der Waals surface area contributed by atoms with Crippen molar-refractivity contribution < 1.29 is 28.6 Å². The summed E-state index contributed by atoms with van der Waals surface area (Å²) in [6, 6.07) is 0. The molecule has 0 bridgehead atoms. The minimum Gasteiger partial charge on any atom is -0.462 e. The molecular weight excluding hydrogens is 805 g/mol. The standard InChI is InChI=1S/C59H92O6/c1-4-7-10-13-16-19-22-24-26-28-29-31-32-34-37-40-43-46-49-52-58(61)64-55-56(54-63-57(60)51-48-45-42-39-36-21-18-15-12-9-6-3)65-59(62)53-50-47-44-41-38-35-33-30-27-25-23-20-17-14-11-8-5-2/h7-8,10-11,16-17,19-20,24-27,29,31,33-35,37,41,43-44,46,56H,4-6,9,12-15,18,21-23,28,30,32,36,38-40,42,45,47-55H2,1-3H3/b10-7-,11-8-,19-16-,20-17-,26-24-,27-25-,31-29-,35-33-,37-34-,44-41-,46-43-. The third kappa shape index (κ3) is 50.4. The second-order valence-corrected chi connectivity index (χ2v) is 16.3. The summed E-state index contributed by atoms with van der Waals surface area (Å²) >= 11 is 0. The molecule has 1 unspecified atom stereocenters. The lowest BCUT2D eigenvalue weighted by atomic mass is 10.1. The van der Waals surface area contributed by atoms with Gasteiger partial charge >= 0.3 is 17.9 Å². The van der Waals surface area contributed by atoms with Crippen LogP contribution in [0, 0.1) is 0 Å². The van der Waals surface area contributed by atoms with Crippen LogP contribution in [0.4, 0.5) is 0 Å². The van der Waals surface area contributed by atoms with Gasteiger partial charge in [0.15, 0.2) is 6.10 Å². The lowest BCUT2D eigenvalue weighted by Crippen LogP contribution is -2.30. The molecule has 0 rings (SSSR count). The third-order valence-corrected chi connectivity index (χ3v) is 10.2. The molecule has 0 aliphatic rings. The van der Waals surface area contributed by atoms with E-state index in [0.29, 0.717) is 19.3 Å². The van der Waals surface area contributed by atoms with Gasteiger partial charge in [-0.25, -0.2) is 0 Å². The van der Waals surface area contributed by atoms with Crippen LogP contribution in [0.2, 0.25) is 0 Å². The van der Waals surface area contributed by atoms with Crippen LogP contribution in [0.15, 0.2) is 134 Å². The lowest BCUT2D eigenvalue weighted by Gasteiger charge is -2.18. The molecule has 0 saturated carbocycles.